The average molecular weight is 486 g/mol. The monoisotopic (exact) mass is 485 g/mol. The zero-order valence-electron chi connectivity index (χ0n) is 18.5. The highest BCUT2D eigenvalue weighted by atomic mass is 32.2. The number of thiazole rings is 1. The Balaban J connectivity index is 1.61. The molecule has 0 bridgehead atoms. The van der Waals surface area contributed by atoms with Crippen LogP contribution in [-0.4, -0.2) is 33.9 Å². The van der Waals surface area contributed by atoms with Crippen LogP contribution in [0, 0.1) is 0 Å². The Hall–Kier alpha value is -2.75. The molecule has 4 rings (SSSR count). The van der Waals surface area contributed by atoms with Crippen LogP contribution in [0.4, 0.5) is 11.5 Å². The molecular formula is C24H25N2O5S2-. The number of methoxy groups -OCH3 is 2. The van der Waals surface area contributed by atoms with Crippen molar-refractivity contribution in [3.63, 3.8) is 0 Å². The van der Waals surface area contributed by atoms with Crippen molar-refractivity contribution in [2.45, 2.75) is 38.0 Å². The van der Waals surface area contributed by atoms with Crippen molar-refractivity contribution >= 4 is 40.1 Å². The van der Waals surface area contributed by atoms with Crippen LogP contribution in [0.3, 0.4) is 0 Å². The van der Waals surface area contributed by atoms with Gasteiger partial charge in [0.1, 0.15) is 10.8 Å². The van der Waals surface area contributed by atoms with Crippen LogP contribution < -0.4 is 9.04 Å². The standard InChI is InChI=1S/C24H26N2O5S2/c1-30-21-14-19(24(27)31-2)12-13-20(21)26(33(28)29)22-15-32-23(25-22)18-10-8-17(9-11-18)16-6-4-3-5-7-16/h8-16H,3-7H2,1-2H3,(H,28,29)/p-1. The van der Waals surface area contributed by atoms with Gasteiger partial charge in [-0.05, 0) is 42.5 Å². The second kappa shape index (κ2) is 10.5. The molecule has 174 valence electrons. The molecule has 0 N–H and O–H groups in total. The third-order valence-corrected chi connectivity index (χ3v) is 7.46. The minimum Gasteiger partial charge on any atom is -0.755 e. The van der Waals surface area contributed by atoms with Gasteiger partial charge in [-0.3, -0.25) is 4.21 Å². The smallest absolute Gasteiger partial charge is 0.337 e. The lowest BCUT2D eigenvalue weighted by molar-refractivity contribution is 0.0600. The molecule has 33 heavy (non-hydrogen) atoms. The van der Waals surface area contributed by atoms with E-state index in [2.05, 4.69) is 29.2 Å². The minimum atomic E-state index is -2.66. The molecule has 1 unspecified atom stereocenters. The summed E-state index contributed by atoms with van der Waals surface area (Å²) in [5.74, 6) is 0.554. The summed E-state index contributed by atoms with van der Waals surface area (Å²) in [6, 6.07) is 12.8. The van der Waals surface area contributed by atoms with Crippen molar-refractivity contribution in [1.29, 1.82) is 0 Å². The van der Waals surface area contributed by atoms with Gasteiger partial charge in [-0.15, -0.1) is 11.3 Å². The Kier molecular flexibility index (Phi) is 7.42. The summed E-state index contributed by atoms with van der Waals surface area (Å²) in [5, 5.41) is 2.41. The minimum absolute atomic E-state index is 0.216. The third kappa shape index (κ3) is 5.10. The Morgan fingerprint density at radius 3 is 2.48 bits per heavy atom. The first-order valence-corrected chi connectivity index (χ1v) is 12.6. The van der Waals surface area contributed by atoms with E-state index in [1.165, 1.54) is 81.4 Å². The van der Waals surface area contributed by atoms with Gasteiger partial charge >= 0.3 is 5.97 Å². The highest BCUT2D eigenvalue weighted by molar-refractivity contribution is 7.81. The lowest BCUT2D eigenvalue weighted by Crippen LogP contribution is -2.20. The van der Waals surface area contributed by atoms with E-state index in [1.807, 2.05) is 0 Å². The van der Waals surface area contributed by atoms with Gasteiger partial charge in [0.05, 0.1) is 36.7 Å². The van der Waals surface area contributed by atoms with Crippen LogP contribution in [0.1, 0.15) is 53.9 Å². The fourth-order valence-corrected chi connectivity index (χ4v) is 5.61. The van der Waals surface area contributed by atoms with Crippen LogP contribution in [0.2, 0.25) is 0 Å². The number of nitrogens with zero attached hydrogens (tertiary/aromatic N) is 2. The summed E-state index contributed by atoms with van der Waals surface area (Å²) >= 11 is -1.29. The molecular weight excluding hydrogens is 460 g/mol. The van der Waals surface area contributed by atoms with E-state index in [9.17, 15) is 13.6 Å². The number of carbonyl (C=O) groups excluding carboxylic acids is 1. The van der Waals surface area contributed by atoms with Gasteiger partial charge in [0.15, 0.2) is 5.82 Å². The molecule has 1 atom stereocenters. The molecule has 1 saturated carbocycles. The number of rotatable bonds is 7. The maximum Gasteiger partial charge on any atom is 0.337 e. The molecule has 3 aromatic rings. The molecule has 1 aliphatic carbocycles. The first-order chi connectivity index (χ1) is 16.0. The van der Waals surface area contributed by atoms with Crippen LogP contribution >= 0.6 is 11.3 Å². The zero-order valence-corrected chi connectivity index (χ0v) is 20.1. The predicted molar refractivity (Wildman–Crippen MR) is 129 cm³/mol. The van der Waals surface area contributed by atoms with Crippen molar-refractivity contribution in [2.75, 3.05) is 18.5 Å². The summed E-state index contributed by atoms with van der Waals surface area (Å²) in [6.07, 6.45) is 6.37. The van der Waals surface area contributed by atoms with E-state index in [1.54, 1.807) is 5.38 Å². The van der Waals surface area contributed by atoms with Gasteiger partial charge in [-0.25, -0.2) is 14.1 Å². The van der Waals surface area contributed by atoms with Crippen LogP contribution in [-0.2, 0) is 16.0 Å². The van der Waals surface area contributed by atoms with Crippen molar-refractivity contribution in [2.24, 2.45) is 0 Å². The molecule has 2 aromatic carbocycles. The molecule has 0 spiro atoms. The van der Waals surface area contributed by atoms with E-state index in [-0.39, 0.29) is 22.8 Å². The quantitative estimate of drug-likeness (QED) is 0.320. The normalized spacial score (nSPS) is 15.1. The first-order valence-electron chi connectivity index (χ1n) is 10.7. The SMILES string of the molecule is COC(=O)c1ccc(N(c2csc(-c3ccc(C4CCCCC4)cc3)n2)S(=O)[O-])c(OC)c1. The van der Waals surface area contributed by atoms with E-state index in [4.69, 9.17) is 9.47 Å². The fraction of sp³-hybridized carbons (Fsp3) is 0.333. The van der Waals surface area contributed by atoms with Crippen LogP contribution in [0.15, 0.2) is 47.8 Å². The Morgan fingerprint density at radius 2 is 1.85 bits per heavy atom. The van der Waals surface area contributed by atoms with E-state index >= 15 is 0 Å². The summed E-state index contributed by atoms with van der Waals surface area (Å²) in [7, 11) is 2.69. The number of hydrogen-bond donors (Lipinski definition) is 0. The number of ether oxygens (including phenoxy) is 2. The van der Waals surface area contributed by atoms with Gasteiger partial charge < -0.3 is 14.0 Å². The van der Waals surface area contributed by atoms with Gasteiger partial charge in [0.2, 0.25) is 0 Å². The van der Waals surface area contributed by atoms with Crippen molar-refractivity contribution in [3.05, 3.63) is 59.0 Å². The maximum absolute atomic E-state index is 12.2. The number of aromatic nitrogens is 1. The van der Waals surface area contributed by atoms with E-state index in [0.717, 1.165) is 14.9 Å². The van der Waals surface area contributed by atoms with Gasteiger partial charge in [-0.1, -0.05) is 43.5 Å². The van der Waals surface area contributed by atoms with Gasteiger partial charge in [0.25, 0.3) is 0 Å². The maximum atomic E-state index is 12.2. The first kappa shape index (κ1) is 23.4. The third-order valence-electron chi connectivity index (χ3n) is 5.90. The predicted octanol–water partition coefficient (Wildman–Crippen LogP) is 5.59. The lowest BCUT2D eigenvalue weighted by Gasteiger charge is -2.26. The van der Waals surface area contributed by atoms with Crippen molar-refractivity contribution in [1.82, 2.24) is 4.98 Å². The number of hydrogen-bond acceptors (Lipinski definition) is 7. The molecule has 0 radical (unpaired) electrons. The fourth-order valence-electron chi connectivity index (χ4n) is 4.20. The average Bonchev–Trinajstić information content (AvgIpc) is 3.34. The summed E-state index contributed by atoms with van der Waals surface area (Å²) < 4.78 is 35.4. The Morgan fingerprint density at radius 1 is 1.12 bits per heavy atom. The van der Waals surface area contributed by atoms with E-state index < -0.39 is 17.2 Å². The lowest BCUT2D eigenvalue weighted by atomic mass is 9.84. The number of carbonyl (C=O) groups is 1. The van der Waals surface area contributed by atoms with Crippen molar-refractivity contribution in [3.8, 4) is 16.3 Å². The topological polar surface area (TPSA) is 91.8 Å². The van der Waals surface area contributed by atoms with Crippen LogP contribution in [0.25, 0.3) is 10.6 Å². The van der Waals surface area contributed by atoms with Gasteiger partial charge in [0, 0.05) is 10.9 Å². The summed E-state index contributed by atoms with van der Waals surface area (Å²) in [4.78, 5) is 16.4. The second-order valence-electron chi connectivity index (χ2n) is 7.86. The van der Waals surface area contributed by atoms with Crippen molar-refractivity contribution < 1.29 is 23.0 Å². The molecule has 0 aliphatic heterocycles. The van der Waals surface area contributed by atoms with Gasteiger partial charge in [-0.2, -0.15) is 0 Å². The molecule has 1 aromatic heterocycles. The molecule has 9 heteroatoms. The number of benzene rings is 2. The molecule has 1 aliphatic rings. The Labute approximate surface area is 199 Å². The largest absolute Gasteiger partial charge is 0.755 e. The highest BCUT2D eigenvalue weighted by Gasteiger charge is 2.21. The molecule has 0 saturated heterocycles. The zero-order chi connectivity index (χ0) is 23.4. The molecule has 7 nitrogen and oxygen atoms in total. The second-order valence-corrected chi connectivity index (χ2v) is 9.51. The van der Waals surface area contributed by atoms with Crippen LogP contribution in [0.5, 0.6) is 5.75 Å². The number of anilines is 2. The molecule has 1 heterocycles. The summed E-state index contributed by atoms with van der Waals surface area (Å²) in [6.45, 7) is 0. The summed E-state index contributed by atoms with van der Waals surface area (Å²) in [5.41, 5.74) is 2.80. The highest BCUT2D eigenvalue weighted by Crippen LogP contribution is 2.38. The number of esters is 1. The van der Waals surface area contributed by atoms with E-state index in [0.29, 0.717) is 5.92 Å². The molecule has 1 fully saturated rings. The molecule has 0 amide bonds. The Bertz CT molecular complexity index is 1140.